The first-order chi connectivity index (χ1) is 9.10. The van der Waals surface area contributed by atoms with Crippen molar-refractivity contribution in [3.8, 4) is 0 Å². The van der Waals surface area contributed by atoms with Crippen LogP contribution in [0, 0.1) is 6.92 Å². The van der Waals surface area contributed by atoms with Gasteiger partial charge >= 0.3 is 0 Å². The summed E-state index contributed by atoms with van der Waals surface area (Å²) in [5.74, 6) is -0.132. The maximum atomic E-state index is 12.1. The lowest BCUT2D eigenvalue weighted by molar-refractivity contribution is 0.102. The van der Waals surface area contributed by atoms with Gasteiger partial charge in [-0.1, -0.05) is 12.1 Å². The lowest BCUT2D eigenvalue weighted by Gasteiger charge is -2.06. The lowest BCUT2D eigenvalue weighted by Crippen LogP contribution is -2.13. The Bertz CT molecular complexity index is 589. The highest BCUT2D eigenvalue weighted by molar-refractivity contribution is 6.04. The molecule has 1 aromatic heterocycles. The molecule has 0 fully saturated rings. The van der Waals surface area contributed by atoms with Gasteiger partial charge in [0.2, 0.25) is 0 Å². The molecule has 1 amide bonds. The summed E-state index contributed by atoms with van der Waals surface area (Å²) < 4.78 is 1.64. The average molecular weight is 258 g/mol. The van der Waals surface area contributed by atoms with Gasteiger partial charge in [-0.25, -0.2) is 0 Å². The Morgan fingerprint density at radius 3 is 2.84 bits per heavy atom. The van der Waals surface area contributed by atoms with Gasteiger partial charge in [-0.2, -0.15) is 5.10 Å². The molecular weight excluding hydrogens is 240 g/mol. The van der Waals surface area contributed by atoms with Crippen molar-refractivity contribution in [2.75, 3.05) is 12.4 Å². The lowest BCUT2D eigenvalue weighted by atomic mass is 10.2. The number of aromatic nitrogens is 2. The zero-order chi connectivity index (χ0) is 13.8. The molecule has 0 aliphatic heterocycles. The summed E-state index contributed by atoms with van der Waals surface area (Å²) in [6.45, 7) is 2.60. The molecule has 5 nitrogen and oxygen atoms in total. The number of rotatable bonds is 4. The topological polar surface area (TPSA) is 58.9 Å². The number of nitrogens with one attached hydrogen (secondary N) is 2. The van der Waals surface area contributed by atoms with Crippen LogP contribution in [0.2, 0.25) is 0 Å². The minimum Gasteiger partial charge on any atom is -0.322 e. The van der Waals surface area contributed by atoms with Crippen molar-refractivity contribution in [3.63, 3.8) is 0 Å². The van der Waals surface area contributed by atoms with E-state index in [2.05, 4.69) is 15.7 Å². The van der Waals surface area contributed by atoms with Gasteiger partial charge in [0.25, 0.3) is 5.91 Å². The summed E-state index contributed by atoms with van der Waals surface area (Å²) >= 11 is 0. The first-order valence-corrected chi connectivity index (χ1v) is 6.15. The largest absolute Gasteiger partial charge is 0.322 e. The molecule has 5 heteroatoms. The number of hydrogen-bond donors (Lipinski definition) is 2. The van der Waals surface area contributed by atoms with Gasteiger partial charge in [0.05, 0.1) is 11.3 Å². The quantitative estimate of drug-likeness (QED) is 0.877. The van der Waals surface area contributed by atoms with Crippen molar-refractivity contribution >= 4 is 11.6 Å². The van der Waals surface area contributed by atoms with Crippen LogP contribution in [0.15, 0.2) is 30.5 Å². The van der Waals surface area contributed by atoms with Crippen LogP contribution >= 0.6 is 0 Å². The fourth-order valence-electron chi connectivity index (χ4n) is 1.98. The first kappa shape index (κ1) is 13.3. The highest BCUT2D eigenvalue weighted by Gasteiger charge is 2.12. The van der Waals surface area contributed by atoms with E-state index in [1.54, 1.807) is 17.9 Å². The molecule has 2 aromatic rings. The van der Waals surface area contributed by atoms with E-state index in [-0.39, 0.29) is 5.91 Å². The van der Waals surface area contributed by atoms with Crippen LogP contribution in [-0.2, 0) is 13.6 Å². The summed E-state index contributed by atoms with van der Waals surface area (Å²) in [6, 6.07) is 7.78. The molecule has 0 aliphatic rings. The molecule has 0 bridgehead atoms. The summed E-state index contributed by atoms with van der Waals surface area (Å²) in [7, 11) is 3.70. The van der Waals surface area contributed by atoms with Gasteiger partial charge in [-0.3, -0.25) is 9.48 Å². The van der Waals surface area contributed by atoms with Crippen LogP contribution in [0.5, 0.6) is 0 Å². The number of amides is 1. The maximum absolute atomic E-state index is 12.1. The van der Waals surface area contributed by atoms with Gasteiger partial charge in [0, 0.05) is 25.5 Å². The molecule has 100 valence electrons. The predicted molar refractivity (Wildman–Crippen MR) is 75.1 cm³/mol. The Labute approximate surface area is 112 Å². The fraction of sp³-hybridized carbons (Fsp3) is 0.286. The Morgan fingerprint density at radius 1 is 1.42 bits per heavy atom. The van der Waals surface area contributed by atoms with E-state index in [0.29, 0.717) is 5.56 Å². The van der Waals surface area contributed by atoms with Gasteiger partial charge in [0.1, 0.15) is 0 Å². The fourth-order valence-corrected chi connectivity index (χ4v) is 1.98. The molecule has 2 rings (SSSR count). The number of benzene rings is 1. The normalized spacial score (nSPS) is 10.5. The highest BCUT2D eigenvalue weighted by atomic mass is 16.1. The van der Waals surface area contributed by atoms with Crippen LogP contribution < -0.4 is 10.6 Å². The molecule has 1 aromatic carbocycles. The van der Waals surface area contributed by atoms with E-state index < -0.39 is 0 Å². The second kappa shape index (κ2) is 5.67. The summed E-state index contributed by atoms with van der Waals surface area (Å²) in [5.41, 5.74) is 3.25. The molecule has 0 saturated heterocycles. The molecule has 0 unspecified atom stereocenters. The molecule has 2 N–H and O–H groups in total. The number of carbonyl (C=O) groups is 1. The minimum absolute atomic E-state index is 0.132. The number of nitrogens with zero attached hydrogens (tertiary/aromatic N) is 2. The van der Waals surface area contributed by atoms with Gasteiger partial charge in [-0.05, 0) is 31.7 Å². The molecule has 0 aliphatic carbocycles. The van der Waals surface area contributed by atoms with E-state index in [0.717, 1.165) is 23.5 Å². The van der Waals surface area contributed by atoms with Crippen molar-refractivity contribution in [1.29, 1.82) is 0 Å². The molecule has 0 radical (unpaired) electrons. The minimum atomic E-state index is -0.132. The number of carbonyl (C=O) groups excluding carboxylic acids is 1. The maximum Gasteiger partial charge on any atom is 0.259 e. The van der Waals surface area contributed by atoms with Gasteiger partial charge in [-0.15, -0.1) is 0 Å². The van der Waals surface area contributed by atoms with Crippen LogP contribution in [-0.4, -0.2) is 22.7 Å². The van der Waals surface area contributed by atoms with Crippen LogP contribution in [0.25, 0.3) is 0 Å². The molecule has 0 saturated carbocycles. The number of anilines is 1. The van der Waals surface area contributed by atoms with E-state index in [1.807, 2.05) is 38.2 Å². The summed E-state index contributed by atoms with van der Waals surface area (Å²) in [6.07, 6.45) is 1.72. The second-order valence-electron chi connectivity index (χ2n) is 4.49. The SMILES string of the molecule is CNCc1cccc(NC(=O)c2cn(C)nc2C)c1. The van der Waals surface area contributed by atoms with Crippen molar-refractivity contribution < 1.29 is 4.79 Å². The zero-order valence-corrected chi connectivity index (χ0v) is 11.4. The third kappa shape index (κ3) is 3.20. The van der Waals surface area contributed by atoms with Crippen LogP contribution in [0.1, 0.15) is 21.6 Å². The monoisotopic (exact) mass is 258 g/mol. The molecule has 19 heavy (non-hydrogen) atoms. The summed E-state index contributed by atoms with van der Waals surface area (Å²) in [4.78, 5) is 12.1. The Kier molecular flexibility index (Phi) is 3.97. The standard InChI is InChI=1S/C14H18N4O/c1-10-13(9-18(3)17-10)14(19)16-12-6-4-5-11(7-12)8-15-2/h4-7,9,15H,8H2,1-3H3,(H,16,19). The van der Waals surface area contributed by atoms with E-state index in [9.17, 15) is 4.79 Å². The van der Waals surface area contributed by atoms with Crippen LogP contribution in [0.4, 0.5) is 5.69 Å². The van der Waals surface area contributed by atoms with Crippen molar-refractivity contribution in [3.05, 3.63) is 47.3 Å². The van der Waals surface area contributed by atoms with Crippen molar-refractivity contribution in [2.24, 2.45) is 7.05 Å². The first-order valence-electron chi connectivity index (χ1n) is 6.15. The number of aryl methyl sites for hydroxylation is 2. The second-order valence-corrected chi connectivity index (χ2v) is 4.49. The Balaban J connectivity index is 2.14. The van der Waals surface area contributed by atoms with Crippen molar-refractivity contribution in [1.82, 2.24) is 15.1 Å². The van der Waals surface area contributed by atoms with Gasteiger partial charge in [0.15, 0.2) is 0 Å². The van der Waals surface area contributed by atoms with Crippen molar-refractivity contribution in [2.45, 2.75) is 13.5 Å². The molecule has 1 heterocycles. The van der Waals surface area contributed by atoms with E-state index >= 15 is 0 Å². The average Bonchev–Trinajstić information content (AvgIpc) is 2.69. The van der Waals surface area contributed by atoms with E-state index in [1.165, 1.54) is 0 Å². The Morgan fingerprint density at radius 2 is 2.21 bits per heavy atom. The van der Waals surface area contributed by atoms with Gasteiger partial charge < -0.3 is 10.6 Å². The molecular formula is C14H18N4O. The molecule has 0 atom stereocenters. The third-order valence-electron chi connectivity index (χ3n) is 2.82. The van der Waals surface area contributed by atoms with Crippen LogP contribution in [0.3, 0.4) is 0 Å². The highest BCUT2D eigenvalue weighted by Crippen LogP contribution is 2.13. The van der Waals surface area contributed by atoms with E-state index in [4.69, 9.17) is 0 Å². The third-order valence-corrected chi connectivity index (χ3v) is 2.82. The number of hydrogen-bond acceptors (Lipinski definition) is 3. The smallest absolute Gasteiger partial charge is 0.259 e. The zero-order valence-electron chi connectivity index (χ0n) is 11.4. The molecule has 0 spiro atoms. The predicted octanol–water partition coefficient (Wildman–Crippen LogP) is 1.70. The Hall–Kier alpha value is -2.14. The summed E-state index contributed by atoms with van der Waals surface area (Å²) in [5, 5.41) is 10.1.